The van der Waals surface area contributed by atoms with Gasteiger partial charge >= 0.3 is 5.97 Å². The Kier molecular flexibility index (Phi) is 5.45. The van der Waals surface area contributed by atoms with E-state index in [0.717, 1.165) is 52.4 Å². The monoisotopic (exact) mass is 490 g/mol. The average Bonchev–Trinajstić information content (AvgIpc) is 3.19. The number of aryl methyl sites for hydroxylation is 2. The maximum absolute atomic E-state index is 13.2. The fraction of sp³-hybridized carbons (Fsp3) is 0.219. The van der Waals surface area contributed by atoms with E-state index in [1.165, 1.54) is 5.56 Å². The fourth-order valence-electron chi connectivity index (χ4n) is 5.61. The molecule has 0 radical (unpaired) electrons. The normalized spacial score (nSPS) is 16.9. The third-order valence-corrected chi connectivity index (χ3v) is 7.47. The van der Waals surface area contributed by atoms with Gasteiger partial charge in [0.25, 0.3) is 0 Å². The number of esters is 1. The molecule has 2 aliphatic rings. The van der Waals surface area contributed by atoms with Crippen LogP contribution in [0.15, 0.2) is 78.9 Å². The van der Waals surface area contributed by atoms with Crippen molar-refractivity contribution in [3.8, 4) is 11.5 Å². The van der Waals surface area contributed by atoms with Crippen molar-refractivity contribution in [1.82, 2.24) is 0 Å². The van der Waals surface area contributed by atoms with Gasteiger partial charge in [0.1, 0.15) is 11.5 Å². The highest BCUT2D eigenvalue weighted by Gasteiger charge is 2.53. The van der Waals surface area contributed by atoms with E-state index in [1.807, 2.05) is 42.5 Å². The first-order valence-electron chi connectivity index (χ1n) is 12.8. The van der Waals surface area contributed by atoms with Crippen LogP contribution in [0.25, 0.3) is 0 Å². The number of anilines is 3. The second-order valence-electron chi connectivity index (χ2n) is 9.73. The molecule has 6 rings (SSSR count). The van der Waals surface area contributed by atoms with Crippen molar-refractivity contribution < 1.29 is 14.3 Å². The molecule has 0 aromatic heterocycles. The summed E-state index contributed by atoms with van der Waals surface area (Å²) in [6, 6.07) is 26.3. The van der Waals surface area contributed by atoms with Crippen molar-refractivity contribution in [3.05, 3.63) is 112 Å². The Hall–Kier alpha value is -4.25. The summed E-state index contributed by atoms with van der Waals surface area (Å²) in [6.07, 6.45) is 0. The molecule has 186 valence electrons. The highest BCUT2D eigenvalue weighted by molar-refractivity contribution is 5.97. The van der Waals surface area contributed by atoms with E-state index in [0.29, 0.717) is 17.1 Å². The van der Waals surface area contributed by atoms with Crippen LogP contribution in [0.1, 0.15) is 52.0 Å². The quantitative estimate of drug-likeness (QED) is 0.294. The van der Waals surface area contributed by atoms with Gasteiger partial charge in [0.2, 0.25) is 0 Å². The number of fused-ring (bicyclic) bond motifs is 6. The summed E-state index contributed by atoms with van der Waals surface area (Å²) in [5.41, 5.74) is 7.22. The molecule has 0 amide bonds. The molecule has 1 unspecified atom stereocenters. The first-order valence-corrected chi connectivity index (χ1v) is 12.8. The number of hydrogen-bond donors (Lipinski definition) is 1. The van der Waals surface area contributed by atoms with Crippen molar-refractivity contribution in [2.45, 2.75) is 33.3 Å². The van der Waals surface area contributed by atoms with Crippen LogP contribution in [-0.4, -0.2) is 19.1 Å². The summed E-state index contributed by atoms with van der Waals surface area (Å²) in [7, 11) is 0. The van der Waals surface area contributed by atoms with Gasteiger partial charge in [0.15, 0.2) is 5.60 Å². The molecule has 2 heterocycles. The highest BCUT2D eigenvalue weighted by Crippen LogP contribution is 2.57. The van der Waals surface area contributed by atoms with E-state index < -0.39 is 5.60 Å². The summed E-state index contributed by atoms with van der Waals surface area (Å²) in [4.78, 5) is 15.5. The van der Waals surface area contributed by atoms with E-state index in [1.54, 1.807) is 0 Å². The Labute approximate surface area is 217 Å². The maximum Gasteiger partial charge on any atom is 0.340 e. The Morgan fingerprint density at radius 3 is 2.38 bits per heavy atom. The van der Waals surface area contributed by atoms with E-state index >= 15 is 0 Å². The standard InChI is InChI=1S/C32H30N2O3/c1-5-34(6-2)23-14-15-26-30(18-23)36-29-17-21(4)28(33-22-11-9-10-20(3)16-22)19-27(29)32(26)25-13-8-7-12-24(25)31(35)37-32/h7-19,33H,5-6H2,1-4H3. The number of benzene rings is 4. The summed E-state index contributed by atoms with van der Waals surface area (Å²) in [5.74, 6) is 1.08. The molecule has 0 saturated carbocycles. The van der Waals surface area contributed by atoms with E-state index in [-0.39, 0.29) is 5.97 Å². The number of rotatable bonds is 5. The van der Waals surface area contributed by atoms with Gasteiger partial charge in [-0.3, -0.25) is 0 Å². The summed E-state index contributed by atoms with van der Waals surface area (Å²) in [6.45, 7) is 10.2. The smallest absolute Gasteiger partial charge is 0.340 e. The van der Waals surface area contributed by atoms with Crippen LogP contribution in [-0.2, 0) is 10.3 Å². The Balaban J connectivity index is 1.57. The molecule has 0 saturated heterocycles. The number of nitrogens with one attached hydrogen (secondary N) is 1. The van der Waals surface area contributed by atoms with Crippen LogP contribution in [0.4, 0.5) is 17.1 Å². The molecule has 2 aliphatic heterocycles. The van der Waals surface area contributed by atoms with Crippen molar-refractivity contribution >= 4 is 23.0 Å². The largest absolute Gasteiger partial charge is 0.456 e. The number of carbonyl (C=O) groups excluding carboxylic acids is 1. The minimum absolute atomic E-state index is 0.323. The van der Waals surface area contributed by atoms with Gasteiger partial charge in [0, 0.05) is 52.9 Å². The number of hydrogen-bond acceptors (Lipinski definition) is 5. The number of ether oxygens (including phenoxy) is 2. The van der Waals surface area contributed by atoms with Crippen molar-refractivity contribution in [1.29, 1.82) is 0 Å². The average molecular weight is 491 g/mol. The molecular weight excluding hydrogens is 460 g/mol. The third-order valence-electron chi connectivity index (χ3n) is 7.47. The highest BCUT2D eigenvalue weighted by atomic mass is 16.6. The third kappa shape index (κ3) is 3.57. The maximum atomic E-state index is 13.2. The van der Waals surface area contributed by atoms with Crippen LogP contribution in [0.5, 0.6) is 11.5 Å². The molecule has 5 nitrogen and oxygen atoms in total. The van der Waals surface area contributed by atoms with Gasteiger partial charge in [-0.1, -0.05) is 30.3 Å². The van der Waals surface area contributed by atoms with Gasteiger partial charge in [-0.05, 0) is 81.3 Å². The molecule has 1 atom stereocenters. The molecule has 4 aromatic carbocycles. The summed E-state index contributed by atoms with van der Waals surface area (Å²) >= 11 is 0. The Morgan fingerprint density at radius 2 is 1.59 bits per heavy atom. The number of carbonyl (C=O) groups is 1. The summed E-state index contributed by atoms with van der Waals surface area (Å²) < 4.78 is 12.9. The second-order valence-corrected chi connectivity index (χ2v) is 9.73. The molecular formula is C32H30N2O3. The lowest BCUT2D eigenvalue weighted by Crippen LogP contribution is -2.33. The molecule has 0 fully saturated rings. The Bertz CT molecular complexity index is 1540. The van der Waals surface area contributed by atoms with Crippen LogP contribution in [0.2, 0.25) is 0 Å². The zero-order chi connectivity index (χ0) is 25.7. The first-order chi connectivity index (χ1) is 17.9. The van der Waals surface area contributed by atoms with E-state index in [9.17, 15) is 4.79 Å². The van der Waals surface area contributed by atoms with Crippen LogP contribution in [0.3, 0.4) is 0 Å². The predicted molar refractivity (Wildman–Crippen MR) is 147 cm³/mol. The molecule has 37 heavy (non-hydrogen) atoms. The lowest BCUT2D eigenvalue weighted by Gasteiger charge is -2.37. The van der Waals surface area contributed by atoms with E-state index in [4.69, 9.17) is 9.47 Å². The lowest BCUT2D eigenvalue weighted by molar-refractivity contribution is 0.0224. The molecule has 5 heteroatoms. The van der Waals surface area contributed by atoms with E-state index in [2.05, 4.69) is 74.3 Å². The molecule has 1 N–H and O–H groups in total. The van der Waals surface area contributed by atoms with Gasteiger partial charge in [-0.15, -0.1) is 0 Å². The lowest BCUT2D eigenvalue weighted by atomic mass is 9.77. The van der Waals surface area contributed by atoms with Crippen molar-refractivity contribution in [3.63, 3.8) is 0 Å². The topological polar surface area (TPSA) is 50.8 Å². The second kappa shape index (κ2) is 8.70. The molecule has 4 aromatic rings. The minimum Gasteiger partial charge on any atom is -0.456 e. The SMILES string of the molecule is CCN(CC)c1ccc2c(c1)Oc1cc(C)c(Nc3cccc(C)c3)cc1C21OC(=O)c2ccccc21. The van der Waals surface area contributed by atoms with Crippen molar-refractivity contribution in [2.75, 3.05) is 23.3 Å². The van der Waals surface area contributed by atoms with Crippen LogP contribution in [0, 0.1) is 13.8 Å². The summed E-state index contributed by atoms with van der Waals surface area (Å²) in [5, 5.41) is 3.57. The fourth-order valence-corrected chi connectivity index (χ4v) is 5.61. The van der Waals surface area contributed by atoms with Crippen molar-refractivity contribution in [2.24, 2.45) is 0 Å². The zero-order valence-corrected chi connectivity index (χ0v) is 21.6. The van der Waals surface area contributed by atoms with Gasteiger partial charge in [-0.25, -0.2) is 4.79 Å². The van der Waals surface area contributed by atoms with Crippen LogP contribution >= 0.6 is 0 Å². The first kappa shape index (κ1) is 23.2. The molecule has 1 spiro atoms. The van der Waals surface area contributed by atoms with Gasteiger partial charge in [-0.2, -0.15) is 0 Å². The molecule has 0 aliphatic carbocycles. The van der Waals surface area contributed by atoms with Gasteiger partial charge < -0.3 is 19.7 Å². The van der Waals surface area contributed by atoms with Gasteiger partial charge in [0.05, 0.1) is 5.56 Å². The zero-order valence-electron chi connectivity index (χ0n) is 21.6. The molecule has 0 bridgehead atoms. The number of nitrogens with zero attached hydrogens (tertiary/aromatic N) is 1. The predicted octanol–water partition coefficient (Wildman–Crippen LogP) is 7.46. The minimum atomic E-state index is -1.09. The van der Waals surface area contributed by atoms with Crippen LogP contribution < -0.4 is 15.0 Å². The Morgan fingerprint density at radius 1 is 0.811 bits per heavy atom.